The van der Waals surface area contributed by atoms with E-state index >= 15 is 0 Å². The average Bonchev–Trinajstić information content (AvgIpc) is 3.24. The molecule has 34 heavy (non-hydrogen) atoms. The summed E-state index contributed by atoms with van der Waals surface area (Å²) < 4.78 is 1.19. The normalized spacial score (nSPS) is 15.0. The Morgan fingerprint density at radius 3 is 2.53 bits per heavy atom. The highest BCUT2D eigenvalue weighted by atomic mass is 35.5. The minimum atomic E-state index is 0.0199. The fraction of sp³-hybridized carbons (Fsp3) is 0.259. The number of amides is 1. The summed E-state index contributed by atoms with van der Waals surface area (Å²) in [4.78, 5) is 22.0. The fourth-order valence-corrected chi connectivity index (χ4v) is 5.54. The molecule has 1 amide bonds. The first-order chi connectivity index (χ1) is 16.5. The van der Waals surface area contributed by atoms with Crippen molar-refractivity contribution in [3.05, 3.63) is 82.9 Å². The third-order valence-corrected chi connectivity index (χ3v) is 7.39. The topological polar surface area (TPSA) is 48.5 Å². The van der Waals surface area contributed by atoms with Gasteiger partial charge in [0.1, 0.15) is 5.01 Å². The van der Waals surface area contributed by atoms with Crippen LogP contribution in [0.4, 0.5) is 5.69 Å². The van der Waals surface area contributed by atoms with Crippen LogP contribution in [0.15, 0.2) is 66.7 Å². The number of rotatable bonds is 6. The number of carbonyl (C=O) groups excluding carboxylic acids is 1. The number of halogens is 1. The SMILES string of the molecule is Cc1ccc2nc(-c3ccc(NC(=O)CN4CCN(Cc5cccc(Cl)c5)CC4)cc3)sc2c1. The zero-order valence-electron chi connectivity index (χ0n) is 19.1. The molecule has 2 heterocycles. The molecule has 1 N–H and O–H groups in total. The Labute approximate surface area is 209 Å². The Morgan fingerprint density at radius 2 is 1.76 bits per heavy atom. The van der Waals surface area contributed by atoms with Crippen LogP contribution in [0.3, 0.4) is 0 Å². The number of hydrogen-bond acceptors (Lipinski definition) is 5. The van der Waals surface area contributed by atoms with Crippen molar-refractivity contribution in [1.82, 2.24) is 14.8 Å². The van der Waals surface area contributed by atoms with E-state index < -0.39 is 0 Å². The molecule has 174 valence electrons. The van der Waals surface area contributed by atoms with E-state index in [2.05, 4.69) is 46.3 Å². The van der Waals surface area contributed by atoms with E-state index in [0.717, 1.165) is 59.5 Å². The number of aryl methyl sites for hydroxylation is 1. The summed E-state index contributed by atoms with van der Waals surface area (Å²) in [6.45, 7) is 7.03. The maximum absolute atomic E-state index is 12.6. The number of carbonyl (C=O) groups is 1. The summed E-state index contributed by atoms with van der Waals surface area (Å²) in [5.74, 6) is 0.0199. The highest BCUT2D eigenvalue weighted by Gasteiger charge is 2.19. The van der Waals surface area contributed by atoms with Crippen LogP contribution in [-0.2, 0) is 11.3 Å². The Balaban J connectivity index is 1.11. The number of thiazole rings is 1. The Morgan fingerprint density at radius 1 is 1.00 bits per heavy atom. The van der Waals surface area contributed by atoms with E-state index in [9.17, 15) is 4.79 Å². The Kier molecular flexibility index (Phi) is 6.92. The van der Waals surface area contributed by atoms with E-state index in [-0.39, 0.29) is 5.91 Å². The summed E-state index contributed by atoms with van der Waals surface area (Å²) in [6.07, 6.45) is 0. The molecule has 5 nitrogen and oxygen atoms in total. The highest BCUT2D eigenvalue weighted by Crippen LogP contribution is 2.31. The molecular formula is C27H27ClN4OS. The van der Waals surface area contributed by atoms with Crippen molar-refractivity contribution >= 4 is 44.7 Å². The van der Waals surface area contributed by atoms with Crippen molar-refractivity contribution in [2.45, 2.75) is 13.5 Å². The van der Waals surface area contributed by atoms with Gasteiger partial charge in [-0.25, -0.2) is 4.98 Å². The number of piperazine rings is 1. The number of aromatic nitrogens is 1. The molecular weight excluding hydrogens is 464 g/mol. The van der Waals surface area contributed by atoms with Gasteiger partial charge in [-0.1, -0.05) is 29.8 Å². The second-order valence-corrected chi connectivity index (χ2v) is 10.3. The predicted octanol–water partition coefficient (Wildman–Crippen LogP) is 5.68. The second-order valence-electron chi connectivity index (χ2n) is 8.80. The van der Waals surface area contributed by atoms with Crippen LogP contribution in [0.2, 0.25) is 5.02 Å². The number of anilines is 1. The van der Waals surface area contributed by atoms with Crippen molar-refractivity contribution in [2.75, 3.05) is 38.0 Å². The minimum Gasteiger partial charge on any atom is -0.325 e. The lowest BCUT2D eigenvalue weighted by Crippen LogP contribution is -2.48. The summed E-state index contributed by atoms with van der Waals surface area (Å²) in [7, 11) is 0. The van der Waals surface area contributed by atoms with Crippen LogP contribution in [0.5, 0.6) is 0 Å². The van der Waals surface area contributed by atoms with Gasteiger partial charge in [0, 0.05) is 49.0 Å². The van der Waals surface area contributed by atoms with Gasteiger partial charge < -0.3 is 5.32 Å². The van der Waals surface area contributed by atoms with Gasteiger partial charge in [0.15, 0.2) is 0 Å². The first-order valence-electron chi connectivity index (χ1n) is 11.5. The van der Waals surface area contributed by atoms with Crippen LogP contribution in [0, 0.1) is 6.92 Å². The van der Waals surface area contributed by atoms with Gasteiger partial charge in [-0.05, 0) is 66.6 Å². The molecule has 1 saturated heterocycles. The van der Waals surface area contributed by atoms with Crippen molar-refractivity contribution in [1.29, 1.82) is 0 Å². The first kappa shape index (κ1) is 23.0. The molecule has 0 unspecified atom stereocenters. The minimum absolute atomic E-state index is 0.0199. The molecule has 0 atom stereocenters. The standard InChI is InChI=1S/C27H27ClN4OS/c1-19-5-10-24-25(15-19)34-27(30-24)21-6-8-23(9-7-21)29-26(33)18-32-13-11-31(12-14-32)17-20-3-2-4-22(28)16-20/h2-10,15-16H,11-14,17-18H2,1H3,(H,29,33). The number of hydrogen-bond donors (Lipinski definition) is 1. The zero-order valence-corrected chi connectivity index (χ0v) is 20.7. The van der Waals surface area contributed by atoms with Gasteiger partial charge in [-0.2, -0.15) is 0 Å². The maximum atomic E-state index is 12.6. The zero-order chi connectivity index (χ0) is 23.5. The third kappa shape index (κ3) is 5.65. The van der Waals surface area contributed by atoms with E-state index in [0.29, 0.717) is 6.54 Å². The Hall–Kier alpha value is -2.77. The first-order valence-corrected chi connectivity index (χ1v) is 12.7. The molecule has 1 aliphatic rings. The third-order valence-electron chi connectivity index (χ3n) is 6.09. The molecule has 1 aromatic heterocycles. The van der Waals surface area contributed by atoms with E-state index in [1.54, 1.807) is 11.3 Å². The van der Waals surface area contributed by atoms with Gasteiger partial charge in [-0.3, -0.25) is 14.6 Å². The number of nitrogens with zero attached hydrogens (tertiary/aromatic N) is 3. The van der Waals surface area contributed by atoms with E-state index in [4.69, 9.17) is 16.6 Å². The van der Waals surface area contributed by atoms with Crippen molar-refractivity contribution in [2.24, 2.45) is 0 Å². The lowest BCUT2D eigenvalue weighted by Gasteiger charge is -2.34. The van der Waals surface area contributed by atoms with Crippen LogP contribution in [-0.4, -0.2) is 53.4 Å². The molecule has 0 radical (unpaired) electrons. The average molecular weight is 491 g/mol. The summed E-state index contributed by atoms with van der Waals surface area (Å²) >= 11 is 7.79. The lowest BCUT2D eigenvalue weighted by atomic mass is 10.2. The van der Waals surface area contributed by atoms with Crippen molar-refractivity contribution in [3.63, 3.8) is 0 Å². The Bertz CT molecular complexity index is 1300. The maximum Gasteiger partial charge on any atom is 0.238 e. The summed E-state index contributed by atoms with van der Waals surface area (Å²) in [5.41, 5.74) is 5.36. The number of nitrogens with one attached hydrogen (secondary N) is 1. The van der Waals surface area contributed by atoms with Gasteiger partial charge >= 0.3 is 0 Å². The van der Waals surface area contributed by atoms with Crippen LogP contribution < -0.4 is 5.32 Å². The molecule has 7 heteroatoms. The van der Waals surface area contributed by atoms with Crippen LogP contribution >= 0.6 is 22.9 Å². The van der Waals surface area contributed by atoms with Gasteiger partial charge in [0.05, 0.1) is 16.8 Å². The fourth-order valence-electron chi connectivity index (χ4n) is 4.25. The molecule has 0 bridgehead atoms. The summed E-state index contributed by atoms with van der Waals surface area (Å²) in [5, 5.41) is 4.80. The van der Waals surface area contributed by atoms with Crippen LogP contribution in [0.1, 0.15) is 11.1 Å². The van der Waals surface area contributed by atoms with E-state index in [1.807, 2.05) is 42.5 Å². The van der Waals surface area contributed by atoms with Crippen LogP contribution in [0.25, 0.3) is 20.8 Å². The van der Waals surface area contributed by atoms with Crippen molar-refractivity contribution < 1.29 is 4.79 Å². The van der Waals surface area contributed by atoms with E-state index in [1.165, 1.54) is 15.8 Å². The molecule has 1 aliphatic heterocycles. The quantitative estimate of drug-likeness (QED) is 0.377. The van der Waals surface area contributed by atoms with Gasteiger partial charge in [0.2, 0.25) is 5.91 Å². The highest BCUT2D eigenvalue weighted by molar-refractivity contribution is 7.21. The molecule has 4 aromatic rings. The molecule has 0 aliphatic carbocycles. The molecule has 0 saturated carbocycles. The lowest BCUT2D eigenvalue weighted by molar-refractivity contribution is -0.117. The van der Waals surface area contributed by atoms with Gasteiger partial charge in [-0.15, -0.1) is 11.3 Å². The molecule has 0 spiro atoms. The second kappa shape index (κ2) is 10.2. The molecule has 5 rings (SSSR count). The predicted molar refractivity (Wildman–Crippen MR) is 142 cm³/mol. The van der Waals surface area contributed by atoms with Crippen molar-refractivity contribution in [3.8, 4) is 10.6 Å². The number of benzene rings is 3. The number of fused-ring (bicyclic) bond motifs is 1. The molecule has 1 fully saturated rings. The molecule has 3 aromatic carbocycles. The monoisotopic (exact) mass is 490 g/mol. The smallest absolute Gasteiger partial charge is 0.238 e. The largest absolute Gasteiger partial charge is 0.325 e. The van der Waals surface area contributed by atoms with Gasteiger partial charge in [0.25, 0.3) is 0 Å². The summed E-state index contributed by atoms with van der Waals surface area (Å²) in [6, 6.07) is 22.3.